The summed E-state index contributed by atoms with van der Waals surface area (Å²) in [6, 6.07) is 12.8. The standard InChI is InChI=1S/C23H21N3O3/c1-4-18-21(15(3)17-9-5-6-10-19(17)25-18)23(28)29-13-16-12-20(27)26-11-7-8-14(2)22(26)24-16/h5-12H,4,13H2,1-3H3. The maximum atomic E-state index is 12.9. The highest BCUT2D eigenvalue weighted by Gasteiger charge is 2.19. The van der Waals surface area contributed by atoms with Crippen LogP contribution in [0.3, 0.4) is 0 Å². The smallest absolute Gasteiger partial charge is 0.340 e. The summed E-state index contributed by atoms with van der Waals surface area (Å²) in [4.78, 5) is 34.4. The number of carbonyl (C=O) groups excluding carboxylic acids is 1. The maximum absolute atomic E-state index is 12.9. The Balaban J connectivity index is 1.67. The van der Waals surface area contributed by atoms with Crippen molar-refractivity contribution in [1.82, 2.24) is 14.4 Å². The number of nitrogens with zero attached hydrogens (tertiary/aromatic N) is 3. The second kappa shape index (κ2) is 7.47. The lowest BCUT2D eigenvalue weighted by Crippen LogP contribution is -2.18. The summed E-state index contributed by atoms with van der Waals surface area (Å²) in [6.45, 7) is 5.68. The predicted molar refractivity (Wildman–Crippen MR) is 111 cm³/mol. The molecule has 0 aliphatic heterocycles. The monoisotopic (exact) mass is 387 g/mol. The molecular weight excluding hydrogens is 366 g/mol. The van der Waals surface area contributed by atoms with Crippen LogP contribution < -0.4 is 5.56 Å². The Hall–Kier alpha value is -3.54. The first-order valence-corrected chi connectivity index (χ1v) is 9.53. The van der Waals surface area contributed by atoms with E-state index in [1.165, 1.54) is 10.5 Å². The van der Waals surface area contributed by atoms with E-state index < -0.39 is 5.97 Å². The lowest BCUT2D eigenvalue weighted by Gasteiger charge is -2.13. The van der Waals surface area contributed by atoms with Crippen molar-refractivity contribution in [3.05, 3.63) is 87.1 Å². The predicted octanol–water partition coefficient (Wildman–Crippen LogP) is 3.78. The third-order valence-electron chi connectivity index (χ3n) is 5.06. The summed E-state index contributed by atoms with van der Waals surface area (Å²) >= 11 is 0. The largest absolute Gasteiger partial charge is 0.456 e. The summed E-state index contributed by atoms with van der Waals surface area (Å²) in [6.07, 6.45) is 2.29. The fourth-order valence-corrected chi connectivity index (χ4v) is 3.56. The molecule has 3 aromatic heterocycles. The number of hydrogen-bond donors (Lipinski definition) is 0. The number of benzene rings is 1. The number of hydrogen-bond acceptors (Lipinski definition) is 5. The summed E-state index contributed by atoms with van der Waals surface area (Å²) in [7, 11) is 0. The van der Waals surface area contributed by atoms with E-state index in [0.29, 0.717) is 29.0 Å². The van der Waals surface area contributed by atoms with Crippen LogP contribution in [-0.4, -0.2) is 20.3 Å². The van der Waals surface area contributed by atoms with Crippen LogP contribution in [0.4, 0.5) is 0 Å². The number of para-hydroxylation sites is 1. The third kappa shape index (κ3) is 3.38. The van der Waals surface area contributed by atoms with Crippen LogP contribution in [0.1, 0.15) is 39.8 Å². The topological polar surface area (TPSA) is 73.6 Å². The van der Waals surface area contributed by atoms with E-state index in [4.69, 9.17) is 4.74 Å². The molecule has 4 rings (SSSR count). The molecule has 0 N–H and O–H groups in total. The summed E-state index contributed by atoms with van der Waals surface area (Å²) in [5.74, 6) is -0.454. The number of aromatic nitrogens is 3. The molecular formula is C23H21N3O3. The van der Waals surface area contributed by atoms with Gasteiger partial charge in [-0.05, 0) is 43.5 Å². The van der Waals surface area contributed by atoms with Crippen LogP contribution in [0.2, 0.25) is 0 Å². The van der Waals surface area contributed by atoms with Gasteiger partial charge in [0.05, 0.1) is 22.5 Å². The molecule has 1 aromatic carbocycles. The maximum Gasteiger partial charge on any atom is 0.340 e. The van der Waals surface area contributed by atoms with Crippen molar-refractivity contribution in [1.29, 1.82) is 0 Å². The molecule has 6 nitrogen and oxygen atoms in total. The Morgan fingerprint density at radius 3 is 2.69 bits per heavy atom. The highest BCUT2D eigenvalue weighted by atomic mass is 16.5. The van der Waals surface area contributed by atoms with E-state index in [9.17, 15) is 9.59 Å². The lowest BCUT2D eigenvalue weighted by atomic mass is 10.0. The molecule has 0 aliphatic carbocycles. The van der Waals surface area contributed by atoms with Crippen LogP contribution in [0.15, 0.2) is 53.5 Å². The normalized spacial score (nSPS) is 11.1. The van der Waals surface area contributed by atoms with Gasteiger partial charge in [0, 0.05) is 17.6 Å². The summed E-state index contributed by atoms with van der Waals surface area (Å²) in [5.41, 5.74) is 4.54. The fourth-order valence-electron chi connectivity index (χ4n) is 3.56. The molecule has 29 heavy (non-hydrogen) atoms. The molecule has 0 saturated heterocycles. The van der Waals surface area contributed by atoms with Gasteiger partial charge in [0.2, 0.25) is 0 Å². The van der Waals surface area contributed by atoms with Crippen LogP contribution in [0, 0.1) is 13.8 Å². The van der Waals surface area contributed by atoms with Gasteiger partial charge in [-0.2, -0.15) is 0 Å². The number of aryl methyl sites for hydroxylation is 3. The molecule has 0 saturated carbocycles. The molecule has 0 amide bonds. The van der Waals surface area contributed by atoms with Crippen molar-refractivity contribution >= 4 is 22.5 Å². The zero-order valence-corrected chi connectivity index (χ0v) is 16.6. The summed E-state index contributed by atoms with van der Waals surface area (Å²) in [5, 5.41) is 0.925. The zero-order valence-electron chi connectivity index (χ0n) is 16.6. The average Bonchev–Trinajstić information content (AvgIpc) is 2.72. The molecule has 4 aromatic rings. The first-order chi connectivity index (χ1) is 14.0. The van der Waals surface area contributed by atoms with Gasteiger partial charge in [0.25, 0.3) is 5.56 Å². The van der Waals surface area contributed by atoms with Gasteiger partial charge in [-0.3, -0.25) is 14.2 Å². The average molecular weight is 387 g/mol. The van der Waals surface area contributed by atoms with Crippen LogP contribution in [0.5, 0.6) is 0 Å². The molecule has 0 bridgehead atoms. The minimum Gasteiger partial charge on any atom is -0.456 e. The van der Waals surface area contributed by atoms with Gasteiger partial charge in [-0.15, -0.1) is 0 Å². The number of carbonyl (C=O) groups is 1. The fraction of sp³-hybridized carbons (Fsp3) is 0.217. The van der Waals surface area contributed by atoms with Gasteiger partial charge in [-0.1, -0.05) is 31.2 Å². The van der Waals surface area contributed by atoms with Gasteiger partial charge in [-0.25, -0.2) is 9.78 Å². The molecule has 3 heterocycles. The van der Waals surface area contributed by atoms with Gasteiger partial charge >= 0.3 is 5.97 Å². The van der Waals surface area contributed by atoms with Crippen LogP contribution in [0.25, 0.3) is 16.6 Å². The number of rotatable bonds is 4. The third-order valence-corrected chi connectivity index (χ3v) is 5.06. The van der Waals surface area contributed by atoms with Gasteiger partial charge in [0.1, 0.15) is 12.3 Å². The van der Waals surface area contributed by atoms with E-state index in [1.54, 1.807) is 12.3 Å². The Morgan fingerprint density at radius 1 is 1.10 bits per heavy atom. The Bertz CT molecular complexity index is 1310. The molecule has 146 valence electrons. The van der Waals surface area contributed by atoms with E-state index in [2.05, 4.69) is 9.97 Å². The first kappa shape index (κ1) is 18.8. The van der Waals surface area contributed by atoms with Crippen molar-refractivity contribution in [3.63, 3.8) is 0 Å². The first-order valence-electron chi connectivity index (χ1n) is 9.53. The van der Waals surface area contributed by atoms with Crippen molar-refractivity contribution in [3.8, 4) is 0 Å². The highest BCUT2D eigenvalue weighted by Crippen LogP contribution is 2.24. The van der Waals surface area contributed by atoms with Crippen molar-refractivity contribution < 1.29 is 9.53 Å². The highest BCUT2D eigenvalue weighted by molar-refractivity contribution is 5.98. The van der Waals surface area contributed by atoms with Crippen molar-refractivity contribution in [2.75, 3.05) is 0 Å². The number of ether oxygens (including phenoxy) is 1. The van der Waals surface area contributed by atoms with Crippen molar-refractivity contribution in [2.24, 2.45) is 0 Å². The Morgan fingerprint density at radius 2 is 1.90 bits per heavy atom. The number of fused-ring (bicyclic) bond motifs is 2. The lowest BCUT2D eigenvalue weighted by molar-refractivity contribution is 0.0465. The minimum atomic E-state index is -0.454. The molecule has 0 unspecified atom stereocenters. The molecule has 0 fully saturated rings. The molecule has 0 radical (unpaired) electrons. The van der Waals surface area contributed by atoms with Crippen LogP contribution >= 0.6 is 0 Å². The van der Waals surface area contributed by atoms with Gasteiger partial charge < -0.3 is 4.74 Å². The quantitative estimate of drug-likeness (QED) is 0.498. The van der Waals surface area contributed by atoms with E-state index >= 15 is 0 Å². The van der Waals surface area contributed by atoms with E-state index in [0.717, 1.165) is 22.0 Å². The summed E-state index contributed by atoms with van der Waals surface area (Å²) < 4.78 is 7.02. The molecule has 0 atom stereocenters. The molecule has 0 aliphatic rings. The number of esters is 1. The molecule has 6 heteroatoms. The van der Waals surface area contributed by atoms with Crippen molar-refractivity contribution in [2.45, 2.75) is 33.8 Å². The Labute approximate surface area is 167 Å². The number of pyridine rings is 2. The second-order valence-electron chi connectivity index (χ2n) is 6.98. The minimum absolute atomic E-state index is 0.0751. The molecule has 0 spiro atoms. The second-order valence-corrected chi connectivity index (χ2v) is 6.98. The SMILES string of the molecule is CCc1nc2ccccc2c(C)c1C(=O)OCc1cc(=O)n2cccc(C)c2n1. The van der Waals surface area contributed by atoms with Crippen LogP contribution in [-0.2, 0) is 17.8 Å². The zero-order chi connectivity index (χ0) is 20.5. The Kier molecular flexibility index (Phi) is 4.84. The van der Waals surface area contributed by atoms with E-state index in [1.807, 2.05) is 51.1 Å². The van der Waals surface area contributed by atoms with E-state index in [-0.39, 0.29) is 12.2 Å². The van der Waals surface area contributed by atoms with Gasteiger partial charge in [0.15, 0.2) is 0 Å².